The molecular weight excluding hydrogens is 338 g/mol. The normalized spacial score (nSPS) is 20.1. The summed E-state index contributed by atoms with van der Waals surface area (Å²) < 4.78 is 24.0. The summed E-state index contributed by atoms with van der Waals surface area (Å²) in [7, 11) is -3.10. The quantitative estimate of drug-likeness (QED) is 0.755. The summed E-state index contributed by atoms with van der Waals surface area (Å²) in [6.45, 7) is 4.00. The molecule has 0 saturated carbocycles. The summed E-state index contributed by atoms with van der Waals surface area (Å²) in [5, 5.41) is 1.03. The minimum absolute atomic E-state index is 0.224. The van der Waals surface area contributed by atoms with Crippen LogP contribution < -0.4 is 4.90 Å². The highest BCUT2D eigenvalue weighted by atomic mass is 79.9. The number of benzene rings is 1. The predicted molar refractivity (Wildman–Crippen MR) is 87.5 cm³/mol. The highest BCUT2D eigenvalue weighted by molar-refractivity contribution is 9.09. The molecular formula is C15H22BrNO2S. The molecule has 1 aliphatic heterocycles. The molecule has 2 rings (SSSR count). The van der Waals surface area contributed by atoms with Gasteiger partial charge in [-0.1, -0.05) is 22.9 Å². The topological polar surface area (TPSA) is 37.4 Å². The Labute approximate surface area is 130 Å². The van der Waals surface area contributed by atoms with Crippen molar-refractivity contribution >= 4 is 31.5 Å². The van der Waals surface area contributed by atoms with Gasteiger partial charge in [0.1, 0.15) is 0 Å². The van der Waals surface area contributed by atoms with E-state index in [2.05, 4.69) is 20.8 Å². The fourth-order valence-corrected chi connectivity index (χ4v) is 4.53. The van der Waals surface area contributed by atoms with Gasteiger partial charge in [-0.15, -0.1) is 0 Å². The van der Waals surface area contributed by atoms with Gasteiger partial charge in [-0.05, 0) is 49.4 Å². The third kappa shape index (κ3) is 3.76. The zero-order valence-corrected chi connectivity index (χ0v) is 14.3. The monoisotopic (exact) mass is 359 g/mol. The van der Waals surface area contributed by atoms with E-state index in [1.807, 2.05) is 19.1 Å². The fraction of sp³-hybridized carbons (Fsp3) is 0.600. The lowest BCUT2D eigenvalue weighted by Crippen LogP contribution is -2.35. The summed E-state index contributed by atoms with van der Waals surface area (Å²) in [6.07, 6.45) is 3.13. The molecule has 1 heterocycles. The van der Waals surface area contributed by atoms with E-state index in [0.717, 1.165) is 24.1 Å². The van der Waals surface area contributed by atoms with Crippen LogP contribution in [0.15, 0.2) is 29.2 Å². The van der Waals surface area contributed by atoms with Gasteiger partial charge in [0, 0.05) is 24.1 Å². The Hall–Kier alpha value is -0.550. The SMILES string of the molecule is CCCS(=O)(=O)c1ccc(N2CCCC(CBr)C2)cc1. The molecule has 0 aromatic heterocycles. The predicted octanol–water partition coefficient (Wildman–Crippen LogP) is 3.48. The summed E-state index contributed by atoms with van der Waals surface area (Å²) >= 11 is 3.56. The molecule has 1 saturated heterocycles. The van der Waals surface area contributed by atoms with E-state index in [-0.39, 0.29) is 5.75 Å². The first kappa shape index (κ1) is 15.8. The largest absolute Gasteiger partial charge is 0.371 e. The van der Waals surface area contributed by atoms with Crippen LogP contribution >= 0.6 is 15.9 Å². The Morgan fingerprint density at radius 1 is 1.30 bits per heavy atom. The molecule has 1 atom stereocenters. The molecule has 1 fully saturated rings. The van der Waals surface area contributed by atoms with Crippen LogP contribution in [0.1, 0.15) is 26.2 Å². The number of hydrogen-bond acceptors (Lipinski definition) is 3. The van der Waals surface area contributed by atoms with Crippen LogP contribution in [0.25, 0.3) is 0 Å². The first-order valence-electron chi connectivity index (χ1n) is 7.20. The number of alkyl halides is 1. The van der Waals surface area contributed by atoms with Crippen molar-refractivity contribution in [1.29, 1.82) is 0 Å². The Morgan fingerprint density at radius 2 is 2.00 bits per heavy atom. The molecule has 20 heavy (non-hydrogen) atoms. The van der Waals surface area contributed by atoms with Gasteiger partial charge < -0.3 is 4.90 Å². The van der Waals surface area contributed by atoms with E-state index in [9.17, 15) is 8.42 Å². The Kier molecular flexibility index (Phi) is 5.49. The van der Waals surface area contributed by atoms with Crippen LogP contribution in [0.2, 0.25) is 0 Å². The average Bonchev–Trinajstić information content (AvgIpc) is 2.47. The molecule has 3 nitrogen and oxygen atoms in total. The van der Waals surface area contributed by atoms with Gasteiger partial charge in [-0.3, -0.25) is 0 Å². The van der Waals surface area contributed by atoms with Crippen LogP contribution in [-0.2, 0) is 9.84 Å². The molecule has 1 aromatic carbocycles. The highest BCUT2D eigenvalue weighted by Gasteiger charge is 2.20. The molecule has 5 heteroatoms. The first-order chi connectivity index (χ1) is 9.56. The third-order valence-corrected chi connectivity index (χ3v) is 6.62. The lowest BCUT2D eigenvalue weighted by atomic mass is 10.00. The average molecular weight is 360 g/mol. The van der Waals surface area contributed by atoms with Crippen molar-refractivity contribution in [2.75, 3.05) is 29.1 Å². The number of anilines is 1. The van der Waals surface area contributed by atoms with Gasteiger partial charge in [-0.25, -0.2) is 8.42 Å². The molecule has 0 N–H and O–H groups in total. The second kappa shape index (κ2) is 6.94. The van der Waals surface area contributed by atoms with Gasteiger partial charge >= 0.3 is 0 Å². The molecule has 1 unspecified atom stereocenters. The summed E-state index contributed by atoms with van der Waals surface area (Å²) in [5.74, 6) is 0.911. The van der Waals surface area contributed by atoms with Crippen molar-refractivity contribution in [2.24, 2.45) is 5.92 Å². The van der Waals surface area contributed by atoms with E-state index in [1.165, 1.54) is 12.8 Å². The standard InChI is InChI=1S/C15H22BrNO2S/c1-2-10-20(18,19)15-7-5-14(6-8-15)17-9-3-4-13(11-16)12-17/h5-8,13H,2-4,9-12H2,1H3. The van der Waals surface area contributed by atoms with Crippen molar-refractivity contribution in [3.63, 3.8) is 0 Å². The summed E-state index contributed by atoms with van der Waals surface area (Å²) in [5.41, 5.74) is 1.13. The highest BCUT2D eigenvalue weighted by Crippen LogP contribution is 2.25. The second-order valence-corrected chi connectivity index (χ2v) is 8.18. The van der Waals surface area contributed by atoms with Crippen LogP contribution in [0.3, 0.4) is 0 Å². The molecule has 0 radical (unpaired) electrons. The third-order valence-electron chi connectivity index (χ3n) is 3.77. The van der Waals surface area contributed by atoms with E-state index in [1.54, 1.807) is 12.1 Å². The van der Waals surface area contributed by atoms with Crippen LogP contribution in [0, 0.1) is 5.92 Å². The Morgan fingerprint density at radius 3 is 2.60 bits per heavy atom. The van der Waals surface area contributed by atoms with Crippen molar-refractivity contribution in [3.05, 3.63) is 24.3 Å². The maximum Gasteiger partial charge on any atom is 0.178 e. The van der Waals surface area contributed by atoms with Gasteiger partial charge in [0.05, 0.1) is 10.6 Å². The van der Waals surface area contributed by atoms with E-state index >= 15 is 0 Å². The number of piperidine rings is 1. The molecule has 0 bridgehead atoms. The maximum atomic E-state index is 12.0. The second-order valence-electron chi connectivity index (χ2n) is 5.42. The number of sulfone groups is 1. The van der Waals surface area contributed by atoms with Gasteiger partial charge in [0.15, 0.2) is 9.84 Å². The molecule has 0 spiro atoms. The Balaban J connectivity index is 2.12. The lowest BCUT2D eigenvalue weighted by molar-refractivity contribution is 0.455. The van der Waals surface area contributed by atoms with Gasteiger partial charge in [-0.2, -0.15) is 0 Å². The van der Waals surface area contributed by atoms with Crippen molar-refractivity contribution in [2.45, 2.75) is 31.1 Å². The minimum atomic E-state index is -3.10. The fourth-order valence-electron chi connectivity index (χ4n) is 2.68. The Bertz CT molecular complexity index is 527. The van der Waals surface area contributed by atoms with Gasteiger partial charge in [0.25, 0.3) is 0 Å². The zero-order chi connectivity index (χ0) is 14.6. The van der Waals surface area contributed by atoms with E-state index in [4.69, 9.17) is 0 Å². The number of halogens is 1. The van der Waals surface area contributed by atoms with Crippen molar-refractivity contribution in [1.82, 2.24) is 0 Å². The smallest absolute Gasteiger partial charge is 0.178 e. The molecule has 112 valence electrons. The van der Waals surface area contributed by atoms with Crippen molar-refractivity contribution < 1.29 is 8.42 Å². The lowest BCUT2D eigenvalue weighted by Gasteiger charge is -2.33. The number of rotatable bonds is 5. The number of nitrogens with zero attached hydrogens (tertiary/aromatic N) is 1. The summed E-state index contributed by atoms with van der Waals surface area (Å²) in [6, 6.07) is 7.38. The minimum Gasteiger partial charge on any atom is -0.371 e. The molecule has 0 amide bonds. The van der Waals surface area contributed by atoms with E-state index in [0.29, 0.717) is 17.2 Å². The van der Waals surface area contributed by atoms with Gasteiger partial charge in [0.2, 0.25) is 0 Å². The van der Waals surface area contributed by atoms with Crippen LogP contribution in [0.4, 0.5) is 5.69 Å². The molecule has 1 aromatic rings. The zero-order valence-electron chi connectivity index (χ0n) is 11.9. The van der Waals surface area contributed by atoms with Crippen LogP contribution in [-0.4, -0.2) is 32.6 Å². The molecule has 1 aliphatic rings. The summed E-state index contributed by atoms with van der Waals surface area (Å²) in [4.78, 5) is 2.79. The first-order valence-corrected chi connectivity index (χ1v) is 9.98. The maximum absolute atomic E-state index is 12.0. The molecule has 0 aliphatic carbocycles. The number of hydrogen-bond donors (Lipinski definition) is 0. The van der Waals surface area contributed by atoms with Crippen LogP contribution in [0.5, 0.6) is 0 Å². The van der Waals surface area contributed by atoms with Crippen molar-refractivity contribution in [3.8, 4) is 0 Å². The van der Waals surface area contributed by atoms with E-state index < -0.39 is 9.84 Å².